The average molecular weight is 359 g/mol. The molecule has 1 N–H and O–H groups in total. The molecule has 0 atom stereocenters. The molecule has 0 radical (unpaired) electrons. The molecule has 0 amide bonds. The highest BCUT2D eigenvalue weighted by Crippen LogP contribution is 2.33. The highest BCUT2D eigenvalue weighted by Gasteiger charge is 2.34. The molecule has 22 heavy (non-hydrogen) atoms. The van der Waals surface area contributed by atoms with E-state index in [2.05, 4.69) is 5.16 Å². The van der Waals surface area contributed by atoms with Crippen LogP contribution in [0.5, 0.6) is 0 Å². The van der Waals surface area contributed by atoms with Crippen LogP contribution in [0.4, 0.5) is 13.2 Å². The van der Waals surface area contributed by atoms with Crippen molar-refractivity contribution in [2.45, 2.75) is 33.1 Å². The largest absolute Gasteiger partial charge is 0.417 e. The van der Waals surface area contributed by atoms with Gasteiger partial charge in [0.25, 0.3) is 0 Å². The fourth-order valence-electron chi connectivity index (χ4n) is 1.30. The number of nitrogens with one attached hydrogen (secondary N) is 1. The van der Waals surface area contributed by atoms with E-state index in [4.69, 9.17) is 29.6 Å². The van der Waals surface area contributed by atoms with Gasteiger partial charge >= 0.3 is 16.7 Å². The monoisotopic (exact) mass is 358 g/mol. The Morgan fingerprint density at radius 2 is 1.86 bits per heavy atom. The van der Waals surface area contributed by atoms with Crippen LogP contribution in [0.25, 0.3) is 0 Å². The van der Waals surface area contributed by atoms with Gasteiger partial charge in [-0.05, 0) is 39.0 Å². The van der Waals surface area contributed by atoms with Crippen LogP contribution in [0.1, 0.15) is 31.9 Å². The van der Waals surface area contributed by atoms with Crippen molar-refractivity contribution in [1.82, 2.24) is 0 Å². The lowest BCUT2D eigenvalue weighted by atomic mass is 10.0. The summed E-state index contributed by atoms with van der Waals surface area (Å²) in [5.74, 6) is 0. The van der Waals surface area contributed by atoms with Crippen LogP contribution in [0.15, 0.2) is 23.4 Å². The molecule has 0 bridgehead atoms. The van der Waals surface area contributed by atoms with Gasteiger partial charge in [-0.3, -0.25) is 0 Å². The Morgan fingerprint density at radius 3 is 2.27 bits per heavy atom. The first-order valence-corrected chi connectivity index (χ1v) is 7.28. The number of benzene rings is 1. The van der Waals surface area contributed by atoms with Gasteiger partial charge in [0.05, 0.1) is 11.3 Å². The summed E-state index contributed by atoms with van der Waals surface area (Å²) in [5.41, 5.74) is -0.713. The Kier molecular flexibility index (Phi) is 8.10. The van der Waals surface area contributed by atoms with Gasteiger partial charge in [0.1, 0.15) is 6.10 Å². The second kappa shape index (κ2) is 8.74. The normalized spacial score (nSPS) is 11.7. The molecule has 0 unspecified atom stereocenters. The maximum atomic E-state index is 12.8. The van der Waals surface area contributed by atoms with Crippen LogP contribution >= 0.6 is 11.6 Å². The third kappa shape index (κ3) is 7.99. The maximum Gasteiger partial charge on any atom is 0.417 e. The van der Waals surface area contributed by atoms with Crippen LogP contribution in [-0.2, 0) is 21.5 Å². The zero-order valence-electron chi connectivity index (χ0n) is 11.9. The molecule has 124 valence electrons. The smallest absolute Gasteiger partial charge is 0.393 e. The van der Waals surface area contributed by atoms with Gasteiger partial charge in [0.15, 0.2) is 0 Å². The summed E-state index contributed by atoms with van der Waals surface area (Å²) in [5, 5.41) is 3.89. The summed E-state index contributed by atoms with van der Waals surface area (Å²) in [6.07, 6.45) is -4.65. The minimum atomic E-state index is -4.45. The van der Waals surface area contributed by atoms with Gasteiger partial charge in [-0.25, -0.2) is 0 Å². The third-order valence-corrected chi connectivity index (χ3v) is 2.31. The lowest BCUT2D eigenvalue weighted by molar-refractivity contribution is -0.137. The number of oxime groups is 1. The number of rotatable bonds is 3. The first kappa shape index (κ1) is 20.4. The van der Waals surface area contributed by atoms with Crippen molar-refractivity contribution in [3.05, 3.63) is 34.3 Å². The number of halogens is 4. The van der Waals surface area contributed by atoms with Crippen molar-refractivity contribution in [2.24, 2.45) is 5.16 Å². The van der Waals surface area contributed by atoms with E-state index in [0.717, 1.165) is 6.07 Å². The van der Waals surface area contributed by atoms with Crippen LogP contribution in [-0.4, -0.2) is 20.2 Å². The summed E-state index contributed by atoms with van der Waals surface area (Å²) in [7, 11) is -2.61. The molecule has 0 saturated carbocycles. The highest BCUT2D eigenvalue weighted by atomic mass is 35.5. The van der Waals surface area contributed by atoms with Crippen LogP contribution in [0.3, 0.4) is 0 Å². The number of hydrogen-bond donors (Lipinski definition) is 1. The molecule has 1 aromatic rings. The minimum absolute atomic E-state index is 0.0735. The summed E-state index contributed by atoms with van der Waals surface area (Å²) in [6, 6.07) is 3.36. The molecule has 0 aliphatic carbocycles. The Labute approximate surface area is 132 Å². The molecular formula is C12H14ClF3N2O3S. The van der Waals surface area contributed by atoms with Gasteiger partial charge in [-0.2, -0.15) is 26.4 Å². The van der Waals surface area contributed by atoms with Crippen molar-refractivity contribution in [3.63, 3.8) is 0 Å². The molecule has 0 aliphatic heterocycles. The highest BCUT2D eigenvalue weighted by molar-refractivity contribution is 7.60. The lowest BCUT2D eigenvalue weighted by Crippen LogP contribution is -2.12. The van der Waals surface area contributed by atoms with Gasteiger partial charge in [0, 0.05) is 10.6 Å². The molecule has 1 aromatic carbocycles. The fourth-order valence-corrected chi connectivity index (χ4v) is 1.47. The quantitative estimate of drug-likeness (QED) is 0.651. The van der Waals surface area contributed by atoms with Crippen molar-refractivity contribution in [1.29, 1.82) is 4.78 Å². The Morgan fingerprint density at radius 1 is 1.36 bits per heavy atom. The molecule has 0 spiro atoms. The predicted octanol–water partition coefficient (Wildman–Crippen LogP) is 4.14. The molecule has 0 saturated heterocycles. The second-order valence-electron chi connectivity index (χ2n) is 4.25. The van der Waals surface area contributed by atoms with Gasteiger partial charge in [-0.1, -0.05) is 16.8 Å². The molecular weight excluding hydrogens is 345 g/mol. The molecule has 5 nitrogen and oxygen atoms in total. The fraction of sp³-hybridized carbons (Fsp3) is 0.417. The topological polar surface area (TPSA) is 79.6 Å². The molecule has 0 heterocycles. The zero-order chi connectivity index (χ0) is 17.5. The average Bonchev–Trinajstić information content (AvgIpc) is 2.33. The van der Waals surface area contributed by atoms with E-state index < -0.39 is 22.2 Å². The van der Waals surface area contributed by atoms with E-state index in [1.165, 1.54) is 19.1 Å². The first-order chi connectivity index (χ1) is 9.95. The van der Waals surface area contributed by atoms with Crippen molar-refractivity contribution >= 4 is 27.8 Å². The molecule has 0 fully saturated rings. The lowest BCUT2D eigenvalue weighted by Gasteiger charge is -2.13. The number of alkyl halides is 3. The first-order valence-electron chi connectivity index (χ1n) is 5.83. The van der Waals surface area contributed by atoms with E-state index in [0.29, 0.717) is 0 Å². The summed E-state index contributed by atoms with van der Waals surface area (Å²) >= 11 is 5.71. The Hall–Kier alpha value is -1.61. The third-order valence-electron chi connectivity index (χ3n) is 2.08. The van der Waals surface area contributed by atoms with E-state index >= 15 is 0 Å². The van der Waals surface area contributed by atoms with Gasteiger partial charge < -0.3 is 4.84 Å². The van der Waals surface area contributed by atoms with Crippen LogP contribution < -0.4 is 0 Å². The standard InChI is InChI=1S/C12H13ClF3NO.HNO2S/c1-7(2)18-17-8(3)10-6-9(13)4-5-11(10)12(14,15)16;1-4(2)3/h4-7H,1-3H3;1H/b17-8+;. The van der Waals surface area contributed by atoms with Gasteiger partial charge in [-0.15, -0.1) is 0 Å². The molecule has 1 rings (SSSR count). The summed E-state index contributed by atoms with van der Waals surface area (Å²) < 4.78 is 61.2. The Balaban J connectivity index is 0.000000980. The number of hydrogen-bond acceptors (Lipinski definition) is 5. The van der Waals surface area contributed by atoms with Gasteiger partial charge in [0.2, 0.25) is 0 Å². The van der Waals surface area contributed by atoms with Crippen molar-refractivity contribution in [3.8, 4) is 0 Å². The summed E-state index contributed by atoms with van der Waals surface area (Å²) in [6.45, 7) is 4.92. The van der Waals surface area contributed by atoms with Crippen LogP contribution in [0, 0.1) is 4.78 Å². The molecule has 10 heteroatoms. The Bertz CT molecular complexity index is 636. The molecule has 0 aliphatic rings. The van der Waals surface area contributed by atoms with Crippen molar-refractivity contribution in [2.75, 3.05) is 0 Å². The van der Waals surface area contributed by atoms with E-state index in [1.807, 2.05) is 0 Å². The van der Waals surface area contributed by atoms with Crippen molar-refractivity contribution < 1.29 is 26.4 Å². The zero-order valence-corrected chi connectivity index (χ0v) is 13.5. The molecule has 0 aromatic heterocycles. The minimum Gasteiger partial charge on any atom is -0.393 e. The predicted molar refractivity (Wildman–Crippen MR) is 76.5 cm³/mol. The second-order valence-corrected chi connectivity index (χ2v) is 5.16. The maximum absolute atomic E-state index is 12.8. The van der Waals surface area contributed by atoms with E-state index in [-0.39, 0.29) is 22.4 Å². The van der Waals surface area contributed by atoms with E-state index in [9.17, 15) is 13.2 Å². The van der Waals surface area contributed by atoms with E-state index in [1.54, 1.807) is 13.8 Å². The summed E-state index contributed by atoms with van der Waals surface area (Å²) in [4.78, 5) is 4.94. The SMILES string of the molecule is C/C(=N\OC(C)C)c1cc(Cl)ccc1C(F)(F)F.N=S(=O)=O. The van der Waals surface area contributed by atoms with Crippen LogP contribution in [0.2, 0.25) is 5.02 Å². The number of nitrogens with zero attached hydrogens (tertiary/aromatic N) is 1.